The second-order valence-corrected chi connectivity index (χ2v) is 6.43. The first-order chi connectivity index (χ1) is 9.49. The van der Waals surface area contributed by atoms with Gasteiger partial charge in [0.15, 0.2) is 0 Å². The molecule has 0 spiro atoms. The van der Waals surface area contributed by atoms with E-state index >= 15 is 0 Å². The highest BCUT2D eigenvalue weighted by Crippen LogP contribution is 2.23. The molecule has 0 heterocycles. The molecule has 0 unspecified atom stereocenters. The van der Waals surface area contributed by atoms with Gasteiger partial charge in [-0.2, -0.15) is 0 Å². The van der Waals surface area contributed by atoms with E-state index in [2.05, 4.69) is 75.9 Å². The number of benzene rings is 2. The van der Waals surface area contributed by atoms with Crippen LogP contribution in [0.2, 0.25) is 0 Å². The van der Waals surface area contributed by atoms with Crippen LogP contribution in [0.1, 0.15) is 43.0 Å². The largest absolute Gasteiger partial charge is 0.103 e. The molecule has 0 N–H and O–H groups in total. The SMILES string of the molecule is C=CCc1ccc(Cc2ccc(C(C)(C)C)cc2)cc1. The highest BCUT2D eigenvalue weighted by Gasteiger charge is 2.12. The molecule has 2 rings (SSSR count). The van der Waals surface area contributed by atoms with Crippen molar-refractivity contribution in [2.75, 3.05) is 0 Å². The number of allylic oxidation sites excluding steroid dienone is 1. The van der Waals surface area contributed by atoms with Crippen molar-refractivity contribution in [3.05, 3.63) is 83.4 Å². The molecule has 0 saturated carbocycles. The Labute approximate surface area is 123 Å². The zero-order valence-corrected chi connectivity index (χ0v) is 12.8. The van der Waals surface area contributed by atoms with Gasteiger partial charge in [-0.15, -0.1) is 6.58 Å². The van der Waals surface area contributed by atoms with Crippen LogP contribution in [0.5, 0.6) is 0 Å². The van der Waals surface area contributed by atoms with Crippen LogP contribution in [0, 0.1) is 0 Å². The van der Waals surface area contributed by atoms with E-state index < -0.39 is 0 Å². The van der Waals surface area contributed by atoms with Gasteiger partial charge in [0.2, 0.25) is 0 Å². The van der Waals surface area contributed by atoms with Crippen LogP contribution in [0.3, 0.4) is 0 Å². The molecular weight excluding hydrogens is 240 g/mol. The predicted molar refractivity (Wildman–Crippen MR) is 88.3 cm³/mol. The lowest BCUT2D eigenvalue weighted by molar-refractivity contribution is 0.590. The summed E-state index contributed by atoms with van der Waals surface area (Å²) in [7, 11) is 0. The predicted octanol–water partition coefficient (Wildman–Crippen LogP) is 5.30. The summed E-state index contributed by atoms with van der Waals surface area (Å²) in [6.45, 7) is 10.5. The Hall–Kier alpha value is -1.82. The van der Waals surface area contributed by atoms with E-state index in [1.165, 1.54) is 22.3 Å². The summed E-state index contributed by atoms with van der Waals surface area (Å²) < 4.78 is 0. The van der Waals surface area contributed by atoms with E-state index in [0.29, 0.717) is 0 Å². The standard InChI is InChI=1S/C20H24/c1-5-6-16-7-9-17(10-8-16)15-18-11-13-19(14-12-18)20(2,3)4/h5,7-14H,1,6,15H2,2-4H3. The topological polar surface area (TPSA) is 0 Å². The van der Waals surface area contributed by atoms with E-state index in [4.69, 9.17) is 0 Å². The summed E-state index contributed by atoms with van der Waals surface area (Å²) in [6, 6.07) is 17.8. The molecule has 2 aromatic carbocycles. The lowest BCUT2D eigenvalue weighted by Gasteiger charge is -2.19. The van der Waals surface area contributed by atoms with E-state index in [9.17, 15) is 0 Å². The molecule has 0 aliphatic heterocycles. The van der Waals surface area contributed by atoms with Crippen LogP contribution in [0.25, 0.3) is 0 Å². The molecule has 0 nitrogen and oxygen atoms in total. The van der Waals surface area contributed by atoms with E-state index in [0.717, 1.165) is 12.8 Å². The van der Waals surface area contributed by atoms with Crippen molar-refractivity contribution in [1.29, 1.82) is 0 Å². The maximum atomic E-state index is 3.77. The van der Waals surface area contributed by atoms with Gasteiger partial charge in [-0.05, 0) is 40.5 Å². The van der Waals surface area contributed by atoms with Crippen molar-refractivity contribution in [1.82, 2.24) is 0 Å². The number of hydrogen-bond donors (Lipinski definition) is 0. The van der Waals surface area contributed by atoms with Crippen LogP contribution in [0.4, 0.5) is 0 Å². The van der Waals surface area contributed by atoms with Gasteiger partial charge in [-0.25, -0.2) is 0 Å². The number of rotatable bonds is 4. The summed E-state index contributed by atoms with van der Waals surface area (Å²) in [5, 5.41) is 0. The van der Waals surface area contributed by atoms with Crippen LogP contribution < -0.4 is 0 Å². The minimum atomic E-state index is 0.227. The Balaban J connectivity index is 2.08. The third kappa shape index (κ3) is 3.84. The lowest BCUT2D eigenvalue weighted by Crippen LogP contribution is -2.10. The smallest absolute Gasteiger partial charge is 0.00258 e. The van der Waals surface area contributed by atoms with Gasteiger partial charge >= 0.3 is 0 Å². The maximum absolute atomic E-state index is 3.77. The molecule has 0 heteroatoms. The number of hydrogen-bond acceptors (Lipinski definition) is 0. The molecule has 0 amide bonds. The average molecular weight is 264 g/mol. The molecule has 0 bridgehead atoms. The van der Waals surface area contributed by atoms with Gasteiger partial charge < -0.3 is 0 Å². The van der Waals surface area contributed by atoms with Crippen molar-refractivity contribution in [3.8, 4) is 0 Å². The molecule has 0 atom stereocenters. The Kier molecular flexibility index (Phi) is 4.44. The van der Waals surface area contributed by atoms with Gasteiger partial charge in [0.25, 0.3) is 0 Å². The Morgan fingerprint density at radius 3 is 1.70 bits per heavy atom. The van der Waals surface area contributed by atoms with Crippen LogP contribution in [0.15, 0.2) is 61.2 Å². The minimum Gasteiger partial charge on any atom is -0.103 e. The molecule has 2 aromatic rings. The second-order valence-electron chi connectivity index (χ2n) is 6.43. The highest BCUT2D eigenvalue weighted by molar-refractivity contribution is 5.32. The fourth-order valence-electron chi connectivity index (χ4n) is 2.32. The maximum Gasteiger partial charge on any atom is -0.00258 e. The summed E-state index contributed by atoms with van der Waals surface area (Å²) in [4.78, 5) is 0. The summed E-state index contributed by atoms with van der Waals surface area (Å²) in [5.74, 6) is 0. The third-order valence-electron chi connectivity index (χ3n) is 3.63. The molecule has 20 heavy (non-hydrogen) atoms. The van der Waals surface area contributed by atoms with Crippen LogP contribution in [-0.2, 0) is 18.3 Å². The summed E-state index contributed by atoms with van der Waals surface area (Å²) in [6.07, 6.45) is 3.89. The molecule has 0 saturated heterocycles. The van der Waals surface area contributed by atoms with Crippen LogP contribution >= 0.6 is 0 Å². The Morgan fingerprint density at radius 2 is 1.25 bits per heavy atom. The van der Waals surface area contributed by atoms with E-state index in [1.54, 1.807) is 0 Å². The average Bonchev–Trinajstić information content (AvgIpc) is 2.41. The van der Waals surface area contributed by atoms with Gasteiger partial charge in [0.05, 0.1) is 0 Å². The minimum absolute atomic E-state index is 0.227. The van der Waals surface area contributed by atoms with Crippen molar-refractivity contribution in [2.24, 2.45) is 0 Å². The van der Waals surface area contributed by atoms with Crippen molar-refractivity contribution >= 4 is 0 Å². The van der Waals surface area contributed by atoms with Gasteiger partial charge in [0, 0.05) is 0 Å². The second kappa shape index (κ2) is 6.09. The molecule has 0 aromatic heterocycles. The quantitative estimate of drug-likeness (QED) is 0.657. The molecule has 104 valence electrons. The Morgan fingerprint density at radius 1 is 0.800 bits per heavy atom. The van der Waals surface area contributed by atoms with E-state index in [1.807, 2.05) is 6.08 Å². The van der Waals surface area contributed by atoms with E-state index in [-0.39, 0.29) is 5.41 Å². The van der Waals surface area contributed by atoms with Crippen molar-refractivity contribution < 1.29 is 0 Å². The highest BCUT2D eigenvalue weighted by atomic mass is 14.2. The fraction of sp³-hybridized carbons (Fsp3) is 0.300. The molecular formula is C20H24. The fourth-order valence-corrected chi connectivity index (χ4v) is 2.32. The Bertz CT molecular complexity index is 550. The van der Waals surface area contributed by atoms with Crippen molar-refractivity contribution in [2.45, 2.75) is 39.0 Å². The molecule has 0 fully saturated rings. The summed E-state index contributed by atoms with van der Waals surface area (Å²) in [5.41, 5.74) is 5.68. The lowest BCUT2D eigenvalue weighted by atomic mass is 9.86. The molecule has 0 aliphatic rings. The zero-order valence-electron chi connectivity index (χ0n) is 12.8. The van der Waals surface area contributed by atoms with Gasteiger partial charge in [-0.3, -0.25) is 0 Å². The first-order valence-electron chi connectivity index (χ1n) is 7.27. The van der Waals surface area contributed by atoms with Gasteiger partial charge in [-0.1, -0.05) is 75.4 Å². The normalized spacial score (nSPS) is 11.3. The van der Waals surface area contributed by atoms with Crippen LogP contribution in [-0.4, -0.2) is 0 Å². The first-order valence-corrected chi connectivity index (χ1v) is 7.27. The first kappa shape index (κ1) is 14.6. The molecule has 0 radical (unpaired) electrons. The zero-order chi connectivity index (χ0) is 14.6. The summed E-state index contributed by atoms with van der Waals surface area (Å²) >= 11 is 0. The molecule has 0 aliphatic carbocycles. The van der Waals surface area contributed by atoms with Gasteiger partial charge in [0.1, 0.15) is 0 Å². The monoisotopic (exact) mass is 264 g/mol. The third-order valence-corrected chi connectivity index (χ3v) is 3.63. The van der Waals surface area contributed by atoms with Crippen molar-refractivity contribution in [3.63, 3.8) is 0 Å².